The quantitative estimate of drug-likeness (QED) is 0.597. The van der Waals surface area contributed by atoms with E-state index in [1.54, 1.807) is 0 Å². The van der Waals surface area contributed by atoms with E-state index in [-0.39, 0.29) is 0 Å². The second-order valence-corrected chi connectivity index (χ2v) is 2.94. The van der Waals surface area contributed by atoms with Crippen molar-refractivity contribution in [1.29, 1.82) is 0 Å². The van der Waals surface area contributed by atoms with E-state index in [0.29, 0.717) is 0 Å². The Balaban J connectivity index is 2.96. The van der Waals surface area contributed by atoms with Gasteiger partial charge in [0.05, 0.1) is 11.4 Å². The first-order valence-electron chi connectivity index (χ1n) is 4.64. The Hall–Kier alpha value is -1.12. The van der Waals surface area contributed by atoms with Gasteiger partial charge in [0.2, 0.25) is 0 Å². The maximum atomic E-state index is 3.22. The first kappa shape index (κ1) is 9.96. The van der Waals surface area contributed by atoms with Crippen molar-refractivity contribution in [3.05, 3.63) is 29.1 Å². The van der Waals surface area contributed by atoms with Crippen LogP contribution in [0.4, 0.5) is 0 Å². The molecule has 0 heterocycles. The standard InChI is InChI=1S/C10H18N3/c1-5-7-6-8(11-2)10(13-4)9(7)12-3/h6,11-13H,5H2,1-4H3. The summed E-state index contributed by atoms with van der Waals surface area (Å²) in [5.41, 5.74) is 4.86. The molecule has 1 aliphatic carbocycles. The van der Waals surface area contributed by atoms with Gasteiger partial charge in [0, 0.05) is 33.3 Å². The molecule has 13 heavy (non-hydrogen) atoms. The van der Waals surface area contributed by atoms with Crippen LogP contribution in [0.1, 0.15) is 13.3 Å². The van der Waals surface area contributed by atoms with Crippen LogP contribution in [0.2, 0.25) is 0 Å². The van der Waals surface area contributed by atoms with E-state index < -0.39 is 0 Å². The predicted octanol–water partition coefficient (Wildman–Crippen LogP) is 0.738. The molecule has 1 rings (SSSR count). The molecule has 0 spiro atoms. The molecule has 0 unspecified atom stereocenters. The topological polar surface area (TPSA) is 36.1 Å². The molecule has 0 fully saturated rings. The average molecular weight is 180 g/mol. The maximum Gasteiger partial charge on any atom is 0.0772 e. The average Bonchev–Trinajstić information content (AvgIpc) is 2.54. The lowest BCUT2D eigenvalue weighted by Crippen LogP contribution is -2.20. The van der Waals surface area contributed by atoms with E-state index in [0.717, 1.165) is 17.8 Å². The Labute approximate surface area is 80.3 Å². The van der Waals surface area contributed by atoms with E-state index in [1.165, 1.54) is 11.3 Å². The summed E-state index contributed by atoms with van der Waals surface area (Å²) in [5.74, 6) is 0. The van der Waals surface area contributed by atoms with Gasteiger partial charge in [-0.2, -0.15) is 0 Å². The number of allylic oxidation sites excluding steroid dienone is 1. The molecular weight excluding hydrogens is 162 g/mol. The number of rotatable bonds is 4. The molecular formula is C10H18N3. The Morgan fingerprint density at radius 2 is 1.62 bits per heavy atom. The van der Waals surface area contributed by atoms with Gasteiger partial charge in [0.1, 0.15) is 0 Å². The van der Waals surface area contributed by atoms with Gasteiger partial charge in [0.15, 0.2) is 0 Å². The summed E-state index contributed by atoms with van der Waals surface area (Å²) in [6, 6.07) is 0. The molecule has 0 bridgehead atoms. The fourth-order valence-electron chi connectivity index (χ4n) is 1.64. The number of hydrogen-bond donors (Lipinski definition) is 3. The maximum absolute atomic E-state index is 3.22. The fraction of sp³-hybridized carbons (Fsp3) is 0.500. The van der Waals surface area contributed by atoms with Crippen LogP contribution in [0.5, 0.6) is 0 Å². The monoisotopic (exact) mass is 180 g/mol. The minimum absolute atomic E-state index is 1.05. The summed E-state index contributed by atoms with van der Waals surface area (Å²) in [4.78, 5) is 0. The van der Waals surface area contributed by atoms with Crippen molar-refractivity contribution >= 4 is 0 Å². The van der Waals surface area contributed by atoms with Gasteiger partial charge in [-0.3, -0.25) is 0 Å². The molecule has 3 heteroatoms. The van der Waals surface area contributed by atoms with Gasteiger partial charge in [-0.1, -0.05) is 6.92 Å². The van der Waals surface area contributed by atoms with Crippen molar-refractivity contribution in [2.45, 2.75) is 13.3 Å². The highest BCUT2D eigenvalue weighted by atomic mass is 15.0. The normalized spacial score (nSPS) is 16.6. The van der Waals surface area contributed by atoms with Crippen molar-refractivity contribution in [3.63, 3.8) is 0 Å². The van der Waals surface area contributed by atoms with Gasteiger partial charge in [0.25, 0.3) is 0 Å². The molecule has 0 aromatic carbocycles. The van der Waals surface area contributed by atoms with Gasteiger partial charge in [-0.15, -0.1) is 0 Å². The molecule has 0 aromatic heterocycles. The Morgan fingerprint density at radius 3 is 2.00 bits per heavy atom. The molecule has 1 aliphatic rings. The first-order chi connectivity index (χ1) is 6.28. The highest BCUT2D eigenvalue weighted by Crippen LogP contribution is 2.27. The molecule has 0 atom stereocenters. The van der Waals surface area contributed by atoms with Crippen LogP contribution >= 0.6 is 0 Å². The van der Waals surface area contributed by atoms with Gasteiger partial charge < -0.3 is 16.0 Å². The lowest BCUT2D eigenvalue weighted by Gasteiger charge is -2.10. The van der Waals surface area contributed by atoms with Crippen molar-refractivity contribution in [1.82, 2.24) is 16.0 Å². The fourth-order valence-corrected chi connectivity index (χ4v) is 1.64. The van der Waals surface area contributed by atoms with Gasteiger partial charge >= 0.3 is 0 Å². The van der Waals surface area contributed by atoms with Crippen LogP contribution in [0.25, 0.3) is 0 Å². The van der Waals surface area contributed by atoms with E-state index in [4.69, 9.17) is 0 Å². The van der Waals surface area contributed by atoms with E-state index >= 15 is 0 Å². The molecule has 0 aliphatic heterocycles. The summed E-state index contributed by atoms with van der Waals surface area (Å²) in [5, 5.41) is 9.59. The summed E-state index contributed by atoms with van der Waals surface area (Å²) in [6.07, 6.45) is 3.23. The molecule has 3 nitrogen and oxygen atoms in total. The molecule has 0 aromatic rings. The Bertz CT molecular complexity index is 225. The lowest BCUT2D eigenvalue weighted by atomic mass is 10.1. The van der Waals surface area contributed by atoms with Crippen molar-refractivity contribution in [2.24, 2.45) is 0 Å². The van der Waals surface area contributed by atoms with Crippen molar-refractivity contribution in [2.75, 3.05) is 21.1 Å². The summed E-state index contributed by atoms with van der Waals surface area (Å²) >= 11 is 0. The molecule has 0 saturated carbocycles. The third-order valence-corrected chi connectivity index (χ3v) is 2.31. The zero-order valence-corrected chi connectivity index (χ0v) is 8.78. The van der Waals surface area contributed by atoms with Crippen LogP contribution in [-0.4, -0.2) is 21.1 Å². The predicted molar refractivity (Wildman–Crippen MR) is 55.8 cm³/mol. The highest BCUT2D eigenvalue weighted by Gasteiger charge is 2.21. The SMILES string of the molecule is CCC1=C(NC)C(NC)=C(NC)[CH]1. The third kappa shape index (κ3) is 1.64. The van der Waals surface area contributed by atoms with Crippen LogP contribution < -0.4 is 16.0 Å². The third-order valence-electron chi connectivity index (χ3n) is 2.31. The van der Waals surface area contributed by atoms with E-state index in [2.05, 4.69) is 29.3 Å². The molecule has 1 radical (unpaired) electrons. The summed E-state index contributed by atoms with van der Waals surface area (Å²) in [7, 11) is 5.83. The van der Waals surface area contributed by atoms with Crippen LogP contribution in [-0.2, 0) is 0 Å². The largest absolute Gasteiger partial charge is 0.389 e. The zero-order chi connectivity index (χ0) is 9.84. The number of likely N-dealkylation sites (N-methyl/N-ethyl adjacent to an activating group) is 2. The number of nitrogens with one attached hydrogen (secondary N) is 3. The Morgan fingerprint density at radius 1 is 1.00 bits per heavy atom. The van der Waals surface area contributed by atoms with E-state index in [1.807, 2.05) is 21.1 Å². The molecule has 0 saturated heterocycles. The number of hydrogen-bond acceptors (Lipinski definition) is 3. The molecule has 3 N–H and O–H groups in total. The minimum Gasteiger partial charge on any atom is -0.389 e. The molecule has 0 amide bonds. The summed E-state index contributed by atoms with van der Waals surface area (Å²) < 4.78 is 0. The van der Waals surface area contributed by atoms with E-state index in [9.17, 15) is 0 Å². The first-order valence-corrected chi connectivity index (χ1v) is 4.64. The zero-order valence-electron chi connectivity index (χ0n) is 8.78. The van der Waals surface area contributed by atoms with Crippen LogP contribution in [0.3, 0.4) is 0 Å². The van der Waals surface area contributed by atoms with Crippen LogP contribution in [0, 0.1) is 6.42 Å². The second-order valence-electron chi connectivity index (χ2n) is 2.94. The van der Waals surface area contributed by atoms with Gasteiger partial charge in [-0.05, 0) is 12.0 Å². The lowest BCUT2D eigenvalue weighted by molar-refractivity contribution is 0.872. The highest BCUT2D eigenvalue weighted by molar-refractivity contribution is 5.51. The van der Waals surface area contributed by atoms with Crippen molar-refractivity contribution < 1.29 is 0 Å². The van der Waals surface area contributed by atoms with Gasteiger partial charge in [-0.25, -0.2) is 0 Å². The summed E-state index contributed by atoms with van der Waals surface area (Å²) in [6.45, 7) is 2.16. The van der Waals surface area contributed by atoms with Crippen molar-refractivity contribution in [3.8, 4) is 0 Å². The molecule has 73 valence electrons. The Kier molecular flexibility index (Phi) is 3.23. The minimum atomic E-state index is 1.05. The smallest absolute Gasteiger partial charge is 0.0772 e. The second kappa shape index (κ2) is 4.21. The van der Waals surface area contributed by atoms with Crippen LogP contribution in [0.15, 0.2) is 22.7 Å².